The maximum atomic E-state index is 12.1. The predicted octanol–water partition coefficient (Wildman–Crippen LogP) is -2.38. The van der Waals surface area contributed by atoms with E-state index in [1.807, 2.05) is 0 Å². The van der Waals surface area contributed by atoms with E-state index in [1.165, 1.54) is 6.92 Å². The SMILES string of the molecule is CC(OC(=O)c1ccccc1)OC(=O)C(N)[C@H]1CC[C@H](C(=O)[O-])CC1.[Na+]. The Bertz CT molecular complexity index is 615. The predicted molar refractivity (Wildman–Crippen MR) is 85.8 cm³/mol. The molecule has 8 heteroatoms. The van der Waals surface area contributed by atoms with E-state index in [2.05, 4.69) is 0 Å². The second-order valence-electron chi connectivity index (χ2n) is 6.23. The zero-order valence-electron chi connectivity index (χ0n) is 15.1. The van der Waals surface area contributed by atoms with Crippen molar-refractivity contribution in [2.75, 3.05) is 0 Å². The van der Waals surface area contributed by atoms with Crippen molar-refractivity contribution in [2.24, 2.45) is 17.6 Å². The Hall–Kier alpha value is -1.41. The third kappa shape index (κ3) is 6.39. The molecule has 0 radical (unpaired) electrons. The van der Waals surface area contributed by atoms with Gasteiger partial charge in [-0.15, -0.1) is 0 Å². The zero-order chi connectivity index (χ0) is 18.4. The zero-order valence-corrected chi connectivity index (χ0v) is 17.1. The van der Waals surface area contributed by atoms with Crippen molar-refractivity contribution in [3.63, 3.8) is 0 Å². The monoisotopic (exact) mass is 371 g/mol. The van der Waals surface area contributed by atoms with Crippen molar-refractivity contribution in [3.05, 3.63) is 35.9 Å². The molecule has 1 aliphatic carbocycles. The Morgan fingerprint density at radius 1 is 1.08 bits per heavy atom. The number of rotatable bonds is 6. The molecular weight excluding hydrogens is 349 g/mol. The van der Waals surface area contributed by atoms with Crippen molar-refractivity contribution in [1.29, 1.82) is 0 Å². The van der Waals surface area contributed by atoms with Crippen LogP contribution >= 0.6 is 0 Å². The van der Waals surface area contributed by atoms with Gasteiger partial charge in [0, 0.05) is 12.9 Å². The maximum Gasteiger partial charge on any atom is 1.00 e. The van der Waals surface area contributed by atoms with Crippen molar-refractivity contribution < 1.29 is 58.5 Å². The summed E-state index contributed by atoms with van der Waals surface area (Å²) in [6, 6.07) is 7.49. The number of ether oxygens (including phenoxy) is 2. The Morgan fingerprint density at radius 3 is 2.19 bits per heavy atom. The first-order chi connectivity index (χ1) is 11.9. The van der Waals surface area contributed by atoms with Gasteiger partial charge in [0.2, 0.25) is 6.29 Å². The van der Waals surface area contributed by atoms with Gasteiger partial charge in [0.05, 0.1) is 5.56 Å². The molecule has 2 atom stereocenters. The van der Waals surface area contributed by atoms with Gasteiger partial charge in [-0.05, 0) is 49.7 Å². The topological polar surface area (TPSA) is 119 Å². The van der Waals surface area contributed by atoms with Crippen LogP contribution in [0, 0.1) is 11.8 Å². The summed E-state index contributed by atoms with van der Waals surface area (Å²) in [6.07, 6.45) is 0.852. The standard InChI is InChI=1S/C18H23NO6.Na/c1-11(24-17(22)14-5-3-2-4-6-14)25-18(23)15(19)12-7-9-13(10-8-12)16(20)21;/h2-6,11-13,15H,7-10,19H2,1H3,(H,20,21);/q;+1/p-1/t11?,12-,13-,15?;. The number of benzene rings is 1. The number of esters is 2. The van der Waals surface area contributed by atoms with E-state index in [9.17, 15) is 19.5 Å². The summed E-state index contributed by atoms with van der Waals surface area (Å²) in [6.45, 7) is 1.44. The Labute approximate surface area is 174 Å². The van der Waals surface area contributed by atoms with Crippen LogP contribution in [0.25, 0.3) is 0 Å². The van der Waals surface area contributed by atoms with Crippen LogP contribution < -0.4 is 40.4 Å². The first kappa shape index (κ1) is 22.6. The van der Waals surface area contributed by atoms with E-state index in [-0.39, 0.29) is 35.5 Å². The van der Waals surface area contributed by atoms with Gasteiger partial charge >= 0.3 is 41.5 Å². The van der Waals surface area contributed by atoms with Gasteiger partial charge in [-0.1, -0.05) is 18.2 Å². The average molecular weight is 371 g/mol. The molecule has 1 aromatic carbocycles. The number of carbonyl (C=O) groups is 3. The van der Waals surface area contributed by atoms with Crippen molar-refractivity contribution in [3.8, 4) is 0 Å². The van der Waals surface area contributed by atoms with E-state index in [0.717, 1.165) is 0 Å². The molecule has 0 saturated heterocycles. The van der Waals surface area contributed by atoms with E-state index in [0.29, 0.717) is 31.2 Å². The second-order valence-corrected chi connectivity index (χ2v) is 6.23. The molecule has 0 amide bonds. The number of nitrogens with two attached hydrogens (primary N) is 1. The summed E-state index contributed by atoms with van der Waals surface area (Å²) < 4.78 is 10.2. The number of carbonyl (C=O) groups excluding carboxylic acids is 3. The first-order valence-corrected chi connectivity index (χ1v) is 8.31. The minimum Gasteiger partial charge on any atom is -0.550 e. The summed E-state index contributed by atoms with van der Waals surface area (Å²) in [5.41, 5.74) is 6.28. The molecule has 2 rings (SSSR count). The van der Waals surface area contributed by atoms with E-state index in [4.69, 9.17) is 15.2 Å². The van der Waals surface area contributed by atoms with Gasteiger partial charge in [-0.3, -0.25) is 4.79 Å². The van der Waals surface area contributed by atoms with E-state index >= 15 is 0 Å². The summed E-state index contributed by atoms with van der Waals surface area (Å²) in [4.78, 5) is 34.9. The molecule has 0 bridgehead atoms. The molecule has 0 aliphatic heterocycles. The van der Waals surface area contributed by atoms with Crippen molar-refractivity contribution in [1.82, 2.24) is 0 Å². The molecule has 1 aliphatic rings. The van der Waals surface area contributed by atoms with Crippen LogP contribution in [0.1, 0.15) is 43.0 Å². The molecule has 0 heterocycles. The number of aliphatic carboxylic acids is 1. The van der Waals surface area contributed by atoms with E-state index < -0.39 is 36.2 Å². The Morgan fingerprint density at radius 2 is 1.65 bits per heavy atom. The molecule has 7 nitrogen and oxygen atoms in total. The van der Waals surface area contributed by atoms with Gasteiger partial charge < -0.3 is 25.1 Å². The fourth-order valence-electron chi connectivity index (χ4n) is 2.97. The summed E-state index contributed by atoms with van der Waals surface area (Å²) in [7, 11) is 0. The maximum absolute atomic E-state index is 12.1. The molecule has 2 N–H and O–H groups in total. The fraction of sp³-hybridized carbons (Fsp3) is 0.500. The van der Waals surface area contributed by atoms with Crippen LogP contribution in [0.4, 0.5) is 0 Å². The summed E-state index contributed by atoms with van der Waals surface area (Å²) in [5.74, 6) is -2.95. The van der Waals surface area contributed by atoms with Crippen LogP contribution in [-0.4, -0.2) is 30.2 Å². The van der Waals surface area contributed by atoms with Crippen molar-refractivity contribution in [2.45, 2.75) is 44.9 Å². The van der Waals surface area contributed by atoms with E-state index in [1.54, 1.807) is 30.3 Å². The number of carboxylic acid groups (broad SMARTS) is 1. The third-order valence-electron chi connectivity index (χ3n) is 4.45. The molecular formula is C18H22NNaO6. The third-order valence-corrected chi connectivity index (χ3v) is 4.45. The number of hydrogen-bond donors (Lipinski definition) is 1. The van der Waals surface area contributed by atoms with Crippen LogP contribution in [0.5, 0.6) is 0 Å². The van der Waals surface area contributed by atoms with Gasteiger partial charge in [0.25, 0.3) is 0 Å². The normalized spacial score (nSPS) is 21.6. The minimum absolute atomic E-state index is 0. The molecule has 0 aromatic heterocycles. The molecule has 136 valence electrons. The molecule has 0 spiro atoms. The molecule has 1 aromatic rings. The van der Waals surface area contributed by atoms with Gasteiger partial charge in [-0.2, -0.15) is 0 Å². The van der Waals surface area contributed by atoms with Gasteiger partial charge in [0.15, 0.2) is 0 Å². The summed E-state index contributed by atoms with van der Waals surface area (Å²) in [5, 5.41) is 10.8. The molecule has 2 unspecified atom stereocenters. The van der Waals surface area contributed by atoms with Gasteiger partial charge in [0.1, 0.15) is 6.04 Å². The number of hydrogen-bond acceptors (Lipinski definition) is 7. The average Bonchev–Trinajstić information content (AvgIpc) is 2.61. The van der Waals surface area contributed by atoms with Crippen molar-refractivity contribution >= 4 is 17.9 Å². The van der Waals surface area contributed by atoms with Gasteiger partial charge in [-0.25, -0.2) is 4.79 Å². The van der Waals surface area contributed by atoms with Crippen LogP contribution in [0.15, 0.2) is 30.3 Å². The molecule has 1 fully saturated rings. The molecule has 1 saturated carbocycles. The summed E-state index contributed by atoms with van der Waals surface area (Å²) >= 11 is 0. The first-order valence-electron chi connectivity index (χ1n) is 8.31. The largest absolute Gasteiger partial charge is 1.00 e. The molecule has 26 heavy (non-hydrogen) atoms. The number of carboxylic acids is 1. The second kappa shape index (κ2) is 10.7. The van der Waals surface area contributed by atoms with Crippen LogP contribution in [-0.2, 0) is 19.1 Å². The minimum atomic E-state index is -1.06. The van der Waals surface area contributed by atoms with Crippen LogP contribution in [0.2, 0.25) is 0 Å². The Kier molecular flexibility index (Phi) is 9.29. The Balaban J connectivity index is 0.00000338. The quantitative estimate of drug-likeness (QED) is 0.337. The van der Waals surface area contributed by atoms with Crippen LogP contribution in [0.3, 0.4) is 0 Å². The fourth-order valence-corrected chi connectivity index (χ4v) is 2.97. The smallest absolute Gasteiger partial charge is 0.550 e.